The summed E-state index contributed by atoms with van der Waals surface area (Å²) in [6.45, 7) is 4.99. The van der Waals surface area contributed by atoms with Gasteiger partial charge in [-0.3, -0.25) is 9.59 Å². The maximum absolute atomic E-state index is 13.4. The van der Waals surface area contributed by atoms with Crippen LogP contribution in [0.3, 0.4) is 0 Å². The second-order valence-electron chi connectivity index (χ2n) is 10.3. The molecule has 0 aromatic heterocycles. The number of hydrogen-bond donors (Lipinski definition) is 2. The number of fused-ring (bicyclic) bond motifs is 1. The third-order valence-electron chi connectivity index (χ3n) is 7.52. The number of nitrogens with zero attached hydrogens (tertiary/aromatic N) is 1. The predicted octanol–water partition coefficient (Wildman–Crippen LogP) is 5.75. The van der Waals surface area contributed by atoms with Crippen LogP contribution in [0, 0.1) is 0 Å². The van der Waals surface area contributed by atoms with Gasteiger partial charge >= 0.3 is 0 Å². The number of amides is 2. The fraction of sp³-hybridized carbons (Fsp3) is 0.375. The van der Waals surface area contributed by atoms with Gasteiger partial charge in [-0.15, -0.1) is 0 Å². The van der Waals surface area contributed by atoms with Crippen LogP contribution < -0.4 is 15.5 Å². The van der Waals surface area contributed by atoms with Crippen LogP contribution in [0.25, 0.3) is 0 Å². The number of benzene rings is 3. The molecular formula is C32H37N3O3. The van der Waals surface area contributed by atoms with E-state index in [2.05, 4.69) is 46.7 Å². The van der Waals surface area contributed by atoms with E-state index in [0.29, 0.717) is 23.4 Å². The molecule has 2 amide bonds. The molecule has 3 aromatic rings. The van der Waals surface area contributed by atoms with Gasteiger partial charge in [0.25, 0.3) is 11.8 Å². The van der Waals surface area contributed by atoms with Gasteiger partial charge in [0, 0.05) is 43.2 Å². The van der Waals surface area contributed by atoms with Crippen molar-refractivity contribution in [1.82, 2.24) is 5.32 Å². The summed E-state index contributed by atoms with van der Waals surface area (Å²) in [5.74, 6) is -0.330. The number of carbonyl (C=O) groups is 2. The number of ether oxygens (including phenoxy) is 1. The molecule has 2 aliphatic rings. The topological polar surface area (TPSA) is 70.7 Å². The van der Waals surface area contributed by atoms with E-state index in [9.17, 15) is 9.59 Å². The summed E-state index contributed by atoms with van der Waals surface area (Å²) in [6, 6.07) is 21.9. The molecule has 0 spiro atoms. The fourth-order valence-electron chi connectivity index (χ4n) is 5.29. The van der Waals surface area contributed by atoms with Crippen LogP contribution in [0.2, 0.25) is 0 Å². The Morgan fingerprint density at radius 2 is 1.82 bits per heavy atom. The van der Waals surface area contributed by atoms with Crippen LogP contribution in [-0.4, -0.2) is 37.6 Å². The Balaban J connectivity index is 1.35. The predicted molar refractivity (Wildman–Crippen MR) is 152 cm³/mol. The van der Waals surface area contributed by atoms with Gasteiger partial charge in [-0.2, -0.15) is 0 Å². The summed E-state index contributed by atoms with van der Waals surface area (Å²) in [5, 5.41) is 6.07. The monoisotopic (exact) mass is 511 g/mol. The summed E-state index contributed by atoms with van der Waals surface area (Å²) in [5.41, 5.74) is 6.53. The van der Waals surface area contributed by atoms with Gasteiger partial charge in [0.15, 0.2) is 0 Å². The Morgan fingerprint density at radius 3 is 2.58 bits per heavy atom. The minimum atomic E-state index is -0.183. The van der Waals surface area contributed by atoms with E-state index in [1.807, 2.05) is 36.4 Å². The smallest absolute Gasteiger partial charge is 0.255 e. The lowest BCUT2D eigenvalue weighted by Gasteiger charge is -2.32. The highest BCUT2D eigenvalue weighted by molar-refractivity contribution is 6.06. The molecule has 0 aliphatic carbocycles. The van der Waals surface area contributed by atoms with Crippen LogP contribution in [-0.2, 0) is 24.1 Å². The molecule has 2 N–H and O–H groups in total. The average molecular weight is 512 g/mol. The lowest BCUT2D eigenvalue weighted by Crippen LogP contribution is -2.35. The maximum Gasteiger partial charge on any atom is 0.255 e. The number of carbonyl (C=O) groups excluding carboxylic acids is 2. The minimum absolute atomic E-state index is 0.0625. The number of aryl methyl sites for hydroxylation is 1. The molecule has 1 fully saturated rings. The molecule has 2 aliphatic heterocycles. The molecule has 1 atom stereocenters. The lowest BCUT2D eigenvalue weighted by molar-refractivity contribution is 0.0858. The van der Waals surface area contributed by atoms with Crippen LogP contribution in [0.4, 0.5) is 11.4 Å². The molecule has 0 radical (unpaired) electrons. The first-order chi connectivity index (χ1) is 18.6. The van der Waals surface area contributed by atoms with Gasteiger partial charge in [0.05, 0.1) is 11.7 Å². The van der Waals surface area contributed by atoms with Crippen molar-refractivity contribution in [2.24, 2.45) is 0 Å². The summed E-state index contributed by atoms with van der Waals surface area (Å²) in [4.78, 5) is 28.7. The van der Waals surface area contributed by atoms with Crippen molar-refractivity contribution in [1.29, 1.82) is 0 Å². The molecule has 6 nitrogen and oxygen atoms in total. The van der Waals surface area contributed by atoms with Crippen LogP contribution in [0.15, 0.2) is 66.7 Å². The largest absolute Gasteiger partial charge is 0.376 e. The van der Waals surface area contributed by atoms with E-state index in [0.717, 1.165) is 63.9 Å². The normalized spacial score (nSPS) is 16.7. The highest BCUT2D eigenvalue weighted by Gasteiger charge is 2.23. The second-order valence-corrected chi connectivity index (χ2v) is 10.3. The molecule has 2 heterocycles. The molecule has 1 unspecified atom stereocenters. The average Bonchev–Trinajstić information content (AvgIpc) is 3.48. The highest BCUT2D eigenvalue weighted by atomic mass is 16.5. The molecule has 0 bridgehead atoms. The van der Waals surface area contributed by atoms with Gasteiger partial charge in [-0.1, -0.05) is 49.7 Å². The first-order valence-corrected chi connectivity index (χ1v) is 13.9. The number of rotatable bonds is 9. The zero-order valence-electron chi connectivity index (χ0n) is 22.2. The van der Waals surface area contributed by atoms with E-state index >= 15 is 0 Å². The van der Waals surface area contributed by atoms with E-state index in [-0.39, 0.29) is 17.9 Å². The minimum Gasteiger partial charge on any atom is -0.376 e. The first-order valence-electron chi connectivity index (χ1n) is 13.9. The van der Waals surface area contributed by atoms with Crippen molar-refractivity contribution in [2.75, 3.05) is 29.9 Å². The van der Waals surface area contributed by atoms with Crippen LogP contribution in [0.1, 0.15) is 70.0 Å². The van der Waals surface area contributed by atoms with Crippen LogP contribution >= 0.6 is 0 Å². The van der Waals surface area contributed by atoms with E-state index in [4.69, 9.17) is 4.74 Å². The van der Waals surface area contributed by atoms with Gasteiger partial charge in [-0.05, 0) is 79.1 Å². The lowest BCUT2D eigenvalue weighted by atomic mass is 9.98. The standard InChI is InChI=1S/C32H37N3O3/c1-2-3-7-23-11-13-25(14-12-23)31(36)34-27-15-16-30(35-18-17-24-8-4-5-9-26(24)22-35)29(20-27)32(37)33-21-28-10-6-19-38-28/h4-5,8-9,11-16,20,28H,2-3,6-7,10,17-19,21-22H2,1H3,(H,33,37)(H,34,36). The molecule has 38 heavy (non-hydrogen) atoms. The Hall–Kier alpha value is -3.64. The first kappa shape index (κ1) is 26.0. The maximum atomic E-state index is 13.4. The Morgan fingerprint density at radius 1 is 1.00 bits per heavy atom. The third-order valence-corrected chi connectivity index (χ3v) is 7.52. The third kappa shape index (κ3) is 6.25. The number of anilines is 2. The highest BCUT2D eigenvalue weighted by Crippen LogP contribution is 2.30. The van der Waals surface area contributed by atoms with Gasteiger partial charge in [0.1, 0.15) is 0 Å². The van der Waals surface area contributed by atoms with Gasteiger partial charge in [-0.25, -0.2) is 0 Å². The summed E-state index contributed by atoms with van der Waals surface area (Å²) in [6.07, 6.45) is 6.28. The summed E-state index contributed by atoms with van der Waals surface area (Å²) >= 11 is 0. The zero-order valence-corrected chi connectivity index (χ0v) is 22.2. The van der Waals surface area contributed by atoms with Crippen LogP contribution in [0.5, 0.6) is 0 Å². The van der Waals surface area contributed by atoms with Gasteiger partial charge < -0.3 is 20.3 Å². The van der Waals surface area contributed by atoms with E-state index < -0.39 is 0 Å². The molecule has 6 heteroatoms. The zero-order chi connectivity index (χ0) is 26.3. The van der Waals surface area contributed by atoms with Crippen molar-refractivity contribution in [3.8, 4) is 0 Å². The molecule has 1 saturated heterocycles. The summed E-state index contributed by atoms with van der Waals surface area (Å²) in [7, 11) is 0. The molecule has 5 rings (SSSR count). The molecular weight excluding hydrogens is 474 g/mol. The Labute approximate surface area is 225 Å². The van der Waals surface area contributed by atoms with Crippen molar-refractivity contribution in [3.63, 3.8) is 0 Å². The molecule has 0 saturated carbocycles. The van der Waals surface area contributed by atoms with Crippen molar-refractivity contribution >= 4 is 23.2 Å². The Kier molecular flexibility index (Phi) is 8.39. The molecule has 198 valence electrons. The fourth-order valence-corrected chi connectivity index (χ4v) is 5.29. The van der Waals surface area contributed by atoms with E-state index in [1.165, 1.54) is 16.7 Å². The quantitative estimate of drug-likeness (QED) is 0.384. The second kappa shape index (κ2) is 12.3. The van der Waals surface area contributed by atoms with Crippen molar-refractivity contribution in [2.45, 2.75) is 58.1 Å². The van der Waals surface area contributed by atoms with Crippen molar-refractivity contribution in [3.05, 3.63) is 94.5 Å². The SMILES string of the molecule is CCCCc1ccc(C(=O)Nc2ccc(N3CCc4ccccc4C3)c(C(=O)NCC3CCCO3)c2)cc1. The van der Waals surface area contributed by atoms with E-state index in [1.54, 1.807) is 6.07 Å². The number of unbranched alkanes of at least 4 members (excludes halogenated alkanes) is 1. The number of nitrogens with one attached hydrogen (secondary N) is 2. The number of hydrogen-bond acceptors (Lipinski definition) is 4. The van der Waals surface area contributed by atoms with Gasteiger partial charge in [0.2, 0.25) is 0 Å². The summed E-state index contributed by atoms with van der Waals surface area (Å²) < 4.78 is 5.70. The Bertz CT molecular complexity index is 1270. The van der Waals surface area contributed by atoms with Crippen molar-refractivity contribution < 1.29 is 14.3 Å². The molecule has 3 aromatic carbocycles.